The molecular formula is C31H33F2N4O13P. The second-order valence-electron chi connectivity index (χ2n) is 13.0. The monoisotopic (exact) mass is 738 g/mol. The number of hydrogen-bond acceptors (Lipinski definition) is 11. The number of carboxylic acid groups (broad SMARTS) is 1. The number of halogens is 2. The number of carboxylic acids is 1. The zero-order valence-corrected chi connectivity index (χ0v) is 28.0. The quantitative estimate of drug-likeness (QED) is 0.146. The maximum atomic E-state index is 14.3. The van der Waals surface area contributed by atoms with Crippen LogP contribution < -0.4 is 15.5 Å². The molecule has 17 nitrogen and oxygen atoms in total. The van der Waals surface area contributed by atoms with E-state index in [0.717, 1.165) is 12.1 Å². The molecule has 4 heterocycles. The third-order valence-corrected chi connectivity index (χ3v) is 10.2. The van der Waals surface area contributed by atoms with Gasteiger partial charge in [0.25, 0.3) is 11.8 Å². The smallest absolute Gasteiger partial charge is 0.469 e. The van der Waals surface area contributed by atoms with Crippen molar-refractivity contribution < 1.29 is 66.3 Å². The van der Waals surface area contributed by atoms with E-state index in [0.29, 0.717) is 31.0 Å². The second-order valence-corrected chi connectivity index (χ2v) is 14.2. The van der Waals surface area contributed by atoms with E-state index in [1.807, 2.05) is 6.92 Å². The lowest BCUT2D eigenvalue weighted by Gasteiger charge is -2.42. The molecule has 1 aliphatic carbocycles. The van der Waals surface area contributed by atoms with E-state index in [2.05, 4.69) is 15.0 Å². The summed E-state index contributed by atoms with van der Waals surface area (Å²) in [5.41, 5.74) is -2.28. The van der Waals surface area contributed by atoms with Gasteiger partial charge in [-0.05, 0) is 32.8 Å². The number of nitrogens with zero attached hydrogens (tertiary/aromatic N) is 3. The predicted octanol–water partition coefficient (Wildman–Crippen LogP) is 1.71. The molecule has 6 rings (SSSR count). The Morgan fingerprint density at radius 3 is 2.59 bits per heavy atom. The van der Waals surface area contributed by atoms with E-state index in [1.54, 1.807) is 6.92 Å². The molecule has 20 heteroatoms. The highest BCUT2D eigenvalue weighted by Crippen LogP contribution is 2.50. The summed E-state index contributed by atoms with van der Waals surface area (Å²) in [5, 5.41) is 16.0. The highest BCUT2D eigenvalue weighted by Gasteiger charge is 2.61. The Morgan fingerprint density at radius 2 is 1.94 bits per heavy atom. The lowest BCUT2D eigenvalue weighted by Crippen LogP contribution is -2.52. The predicted molar refractivity (Wildman–Crippen MR) is 166 cm³/mol. The zero-order chi connectivity index (χ0) is 37.0. The Morgan fingerprint density at radius 1 is 1.20 bits per heavy atom. The molecule has 2 fully saturated rings. The van der Waals surface area contributed by atoms with Gasteiger partial charge in [0, 0.05) is 49.3 Å². The highest BCUT2D eigenvalue weighted by atomic mass is 31.2. The molecule has 1 saturated carbocycles. The minimum atomic E-state index is -4.97. The molecule has 4 aliphatic rings. The van der Waals surface area contributed by atoms with Crippen LogP contribution in [0.1, 0.15) is 65.6 Å². The number of hydrogen-bond donors (Lipinski definition) is 4. The molecule has 1 spiro atoms. The Hall–Kier alpha value is -4.71. The molecule has 274 valence electrons. The van der Waals surface area contributed by atoms with Crippen LogP contribution in [0.3, 0.4) is 0 Å². The molecule has 2 aromatic rings. The summed E-state index contributed by atoms with van der Waals surface area (Å²) in [6.45, 7) is 1.49. The van der Waals surface area contributed by atoms with Gasteiger partial charge in [-0.25, -0.2) is 13.3 Å². The van der Waals surface area contributed by atoms with E-state index in [9.17, 15) is 42.4 Å². The van der Waals surface area contributed by atoms with Crippen molar-refractivity contribution in [1.82, 2.24) is 14.8 Å². The number of ether oxygens (including phenoxy) is 2. The fourth-order valence-electron chi connectivity index (χ4n) is 7.01. The Balaban J connectivity index is 1.33. The highest BCUT2D eigenvalue weighted by molar-refractivity contribution is 7.46. The van der Waals surface area contributed by atoms with Crippen molar-refractivity contribution in [3.8, 4) is 5.75 Å². The van der Waals surface area contributed by atoms with Gasteiger partial charge in [0.15, 0.2) is 11.3 Å². The number of carbonyl (C=O) groups is 4. The van der Waals surface area contributed by atoms with Crippen molar-refractivity contribution in [2.24, 2.45) is 22.9 Å². The van der Waals surface area contributed by atoms with Crippen LogP contribution in [0.4, 0.5) is 8.78 Å². The number of rotatable bonds is 11. The van der Waals surface area contributed by atoms with Crippen LogP contribution in [-0.2, 0) is 34.8 Å². The molecule has 1 aromatic carbocycles. The van der Waals surface area contributed by atoms with Crippen LogP contribution in [-0.4, -0.2) is 85.4 Å². The summed E-state index contributed by atoms with van der Waals surface area (Å²) < 4.78 is 55.3. The molecule has 1 saturated heterocycles. The number of aromatic nitrogens is 1. The number of amides is 2. The van der Waals surface area contributed by atoms with Crippen molar-refractivity contribution in [1.29, 1.82) is 0 Å². The fraction of sp³-hybridized carbons (Fsp3) is 0.484. The summed E-state index contributed by atoms with van der Waals surface area (Å²) in [6.07, 6.45) is 2.51. The lowest BCUT2D eigenvalue weighted by molar-refractivity contribution is -0.154. The van der Waals surface area contributed by atoms with E-state index < -0.39 is 109 Å². The summed E-state index contributed by atoms with van der Waals surface area (Å²) in [5.74, 6) is -10.5. The molecule has 6 atom stereocenters. The first-order valence-electron chi connectivity index (χ1n) is 15.8. The summed E-state index contributed by atoms with van der Waals surface area (Å²) in [7, 11) is -4.97. The lowest BCUT2D eigenvalue weighted by atomic mass is 9.84. The molecule has 1 aromatic heterocycles. The van der Waals surface area contributed by atoms with E-state index in [-0.39, 0.29) is 23.8 Å². The summed E-state index contributed by atoms with van der Waals surface area (Å²) >= 11 is 0. The van der Waals surface area contributed by atoms with Crippen molar-refractivity contribution >= 4 is 37.3 Å². The van der Waals surface area contributed by atoms with Gasteiger partial charge >= 0.3 is 19.8 Å². The fourth-order valence-corrected chi connectivity index (χ4v) is 7.37. The van der Waals surface area contributed by atoms with Gasteiger partial charge in [-0.1, -0.05) is 11.2 Å². The van der Waals surface area contributed by atoms with E-state index >= 15 is 0 Å². The molecule has 0 unspecified atom stereocenters. The zero-order valence-electron chi connectivity index (χ0n) is 27.1. The average Bonchev–Trinajstić information content (AvgIpc) is 3.70. The number of nitrogens with one attached hydrogen (secondary N) is 1. The van der Waals surface area contributed by atoms with Gasteiger partial charge in [0.05, 0.1) is 30.2 Å². The largest absolute Gasteiger partial charge is 0.481 e. The minimum Gasteiger partial charge on any atom is -0.481 e. The maximum absolute atomic E-state index is 14.3. The first-order chi connectivity index (χ1) is 24.0. The Kier molecular flexibility index (Phi) is 9.51. The maximum Gasteiger partial charge on any atom is 0.469 e. The molecule has 4 N–H and O–H groups in total. The van der Waals surface area contributed by atoms with Crippen molar-refractivity contribution in [3.63, 3.8) is 0 Å². The topological polar surface area (TPSA) is 233 Å². The van der Waals surface area contributed by atoms with E-state index in [4.69, 9.17) is 24.1 Å². The molecule has 2 amide bonds. The molecule has 2 bridgehead atoms. The minimum absolute atomic E-state index is 0.0788. The number of benzene rings is 1. The Bertz CT molecular complexity index is 1950. The van der Waals surface area contributed by atoms with Crippen LogP contribution in [0.2, 0.25) is 0 Å². The first-order valence-corrected chi connectivity index (χ1v) is 17.3. The third kappa shape index (κ3) is 6.98. The number of pyridine rings is 1. The second kappa shape index (κ2) is 13.4. The molecule has 0 radical (unpaired) electrons. The van der Waals surface area contributed by atoms with Gasteiger partial charge in [-0.3, -0.25) is 28.5 Å². The number of phosphoric ester groups is 1. The number of esters is 1. The SMILES string of the molecule is CC1=NO[C@@]2(CC[C@H](C)N3C[C@H]2n2cc(C(=O)NCc4ccc(F)cc4F)c(=O)c(OCOC(=O)[C@@H]4[C@H](COP(=O)(O)O)[C@H]4C(=O)O)c2C3=O)C1. The number of carbonyl (C=O) groups excluding carboxylic acids is 3. The first kappa shape index (κ1) is 36.1. The Labute approximate surface area is 287 Å². The van der Waals surface area contributed by atoms with E-state index in [1.165, 1.54) is 15.7 Å². The number of aliphatic carboxylic acids is 1. The van der Waals surface area contributed by atoms with Gasteiger partial charge in [0.1, 0.15) is 17.2 Å². The van der Waals surface area contributed by atoms with Crippen molar-refractivity contribution in [3.05, 3.63) is 63.1 Å². The molecular weight excluding hydrogens is 705 g/mol. The number of phosphoric acid groups is 1. The normalized spacial score (nSPS) is 26.5. The number of oxime groups is 1. The third-order valence-electron chi connectivity index (χ3n) is 9.69. The van der Waals surface area contributed by atoms with Gasteiger partial charge in [0.2, 0.25) is 18.0 Å². The van der Waals surface area contributed by atoms with Crippen LogP contribution in [0, 0.1) is 29.4 Å². The van der Waals surface area contributed by atoms with Crippen LogP contribution in [0.5, 0.6) is 5.75 Å². The van der Waals surface area contributed by atoms with Gasteiger partial charge < -0.3 is 44.0 Å². The van der Waals surface area contributed by atoms with Crippen molar-refractivity contribution in [2.45, 2.75) is 57.3 Å². The van der Waals surface area contributed by atoms with Gasteiger partial charge in [-0.2, -0.15) is 0 Å². The van der Waals surface area contributed by atoms with Crippen LogP contribution >= 0.6 is 7.82 Å². The standard InChI is InChI=1S/C31H33F2N4O13P/c1-14-8-31(50-35-14)6-5-15(2)36-11-21(31)37-10-18(27(39)34-9-16-3-4-17(32)7-20(16)33)25(38)26(24(37)28(36)40)47-13-48-30(43)23-19(22(23)29(41)42)12-49-51(44,45)46/h3-4,7,10,15,19,21-23H,5-6,8-9,11-13H2,1-2H3,(H,34,39)(H,41,42)(H2,44,45,46)/t15-,19+,21+,22+,23+,31-/m0/s1. The van der Waals surface area contributed by atoms with Crippen molar-refractivity contribution in [2.75, 3.05) is 19.9 Å². The molecule has 51 heavy (non-hydrogen) atoms. The average molecular weight is 739 g/mol. The summed E-state index contributed by atoms with van der Waals surface area (Å²) in [4.78, 5) is 91.4. The summed E-state index contributed by atoms with van der Waals surface area (Å²) in [6, 6.07) is 1.73. The molecule has 3 aliphatic heterocycles. The van der Waals surface area contributed by atoms with Gasteiger partial charge in [-0.15, -0.1) is 0 Å². The van der Waals surface area contributed by atoms with Crippen LogP contribution in [0.15, 0.2) is 34.3 Å². The van der Waals surface area contributed by atoms with Crippen LogP contribution in [0.25, 0.3) is 0 Å². The number of fused-ring (bicyclic) bond motifs is 5.